The molecule has 0 aliphatic heterocycles. The fourth-order valence-corrected chi connectivity index (χ4v) is 2.41. The second-order valence-corrected chi connectivity index (χ2v) is 5.97. The summed E-state index contributed by atoms with van der Waals surface area (Å²) in [6.07, 6.45) is 1.56. The normalized spacial score (nSPS) is 12.4. The lowest BCUT2D eigenvalue weighted by Gasteiger charge is -2.17. The fourth-order valence-electron chi connectivity index (χ4n) is 1.99. The van der Waals surface area contributed by atoms with Gasteiger partial charge in [-0.25, -0.2) is 4.98 Å². The Hall–Kier alpha value is -1.88. The molecule has 0 fully saturated rings. The smallest absolute Gasteiger partial charge is 0.228 e. The van der Waals surface area contributed by atoms with Crippen LogP contribution in [-0.4, -0.2) is 18.4 Å². The van der Waals surface area contributed by atoms with E-state index in [-0.39, 0.29) is 6.10 Å². The highest BCUT2D eigenvalue weighted by Gasteiger charge is 2.13. The fraction of sp³-hybridized carbons (Fsp3) is 0.294. The number of halogens is 1. The van der Waals surface area contributed by atoms with Crippen LogP contribution in [0.5, 0.6) is 5.88 Å². The van der Waals surface area contributed by atoms with E-state index in [9.17, 15) is 0 Å². The van der Waals surface area contributed by atoms with Crippen LogP contribution >= 0.6 is 15.9 Å². The second-order valence-electron chi connectivity index (χ2n) is 5.11. The SMILES string of the molecule is CN=CNc1cc(Br)c(OC(C)c2ccc(C)cc2)nc1C. The van der Waals surface area contributed by atoms with Crippen molar-refractivity contribution in [3.63, 3.8) is 0 Å². The molecule has 1 atom stereocenters. The van der Waals surface area contributed by atoms with Crippen molar-refractivity contribution >= 4 is 28.0 Å². The molecular formula is C17H20BrN3O. The number of aromatic nitrogens is 1. The number of aryl methyl sites for hydroxylation is 2. The van der Waals surface area contributed by atoms with Gasteiger partial charge in [0.05, 0.1) is 22.2 Å². The highest BCUT2D eigenvalue weighted by atomic mass is 79.9. The Balaban J connectivity index is 2.18. The standard InChI is InChI=1S/C17H20BrN3O/c1-11-5-7-14(8-6-11)13(3)22-17-15(18)9-16(12(2)21-17)20-10-19-4/h5-10,13H,1-4H3,(H,19,20). The summed E-state index contributed by atoms with van der Waals surface area (Å²) >= 11 is 3.51. The molecule has 1 heterocycles. The summed E-state index contributed by atoms with van der Waals surface area (Å²) in [6.45, 7) is 6.02. The van der Waals surface area contributed by atoms with Gasteiger partial charge in [0.2, 0.25) is 5.88 Å². The molecule has 0 aliphatic carbocycles. The van der Waals surface area contributed by atoms with Crippen LogP contribution in [0.15, 0.2) is 39.8 Å². The zero-order valence-corrected chi connectivity index (χ0v) is 14.8. The Kier molecular flexibility index (Phi) is 5.55. The molecule has 0 bridgehead atoms. The minimum Gasteiger partial charge on any atom is -0.469 e. The van der Waals surface area contributed by atoms with Crippen molar-refractivity contribution in [2.24, 2.45) is 4.99 Å². The van der Waals surface area contributed by atoms with Crippen LogP contribution in [0.4, 0.5) is 5.69 Å². The van der Waals surface area contributed by atoms with E-state index < -0.39 is 0 Å². The van der Waals surface area contributed by atoms with Gasteiger partial charge in [-0.3, -0.25) is 4.99 Å². The van der Waals surface area contributed by atoms with Gasteiger partial charge in [-0.2, -0.15) is 0 Å². The number of anilines is 1. The van der Waals surface area contributed by atoms with Gasteiger partial charge in [0.25, 0.3) is 0 Å². The van der Waals surface area contributed by atoms with Gasteiger partial charge in [0.1, 0.15) is 6.10 Å². The molecule has 22 heavy (non-hydrogen) atoms. The molecule has 0 saturated heterocycles. The summed E-state index contributed by atoms with van der Waals surface area (Å²) in [7, 11) is 1.71. The van der Waals surface area contributed by atoms with Crippen molar-refractivity contribution in [1.82, 2.24) is 4.98 Å². The van der Waals surface area contributed by atoms with Crippen LogP contribution < -0.4 is 10.1 Å². The van der Waals surface area contributed by atoms with Crippen LogP contribution in [0.25, 0.3) is 0 Å². The molecule has 1 N–H and O–H groups in total. The van der Waals surface area contributed by atoms with E-state index in [4.69, 9.17) is 4.74 Å². The number of rotatable bonds is 5. The summed E-state index contributed by atoms with van der Waals surface area (Å²) in [5.41, 5.74) is 4.11. The number of hydrogen-bond donors (Lipinski definition) is 1. The average Bonchev–Trinajstić information content (AvgIpc) is 2.49. The van der Waals surface area contributed by atoms with Crippen LogP contribution in [-0.2, 0) is 0 Å². The van der Waals surface area contributed by atoms with Crippen LogP contribution in [0, 0.1) is 13.8 Å². The lowest BCUT2D eigenvalue weighted by atomic mass is 10.1. The highest BCUT2D eigenvalue weighted by molar-refractivity contribution is 9.10. The average molecular weight is 362 g/mol. The van der Waals surface area contributed by atoms with Crippen LogP contribution in [0.3, 0.4) is 0 Å². The van der Waals surface area contributed by atoms with Crippen LogP contribution in [0.2, 0.25) is 0 Å². The third kappa shape index (κ3) is 4.07. The zero-order valence-electron chi connectivity index (χ0n) is 13.2. The molecular weight excluding hydrogens is 342 g/mol. The molecule has 0 spiro atoms. The molecule has 0 amide bonds. The van der Waals surface area contributed by atoms with Crippen LogP contribution in [0.1, 0.15) is 29.8 Å². The number of aliphatic imine (C=N–C) groups is 1. The summed E-state index contributed by atoms with van der Waals surface area (Å²) < 4.78 is 6.80. The first-order chi connectivity index (χ1) is 10.5. The number of hydrogen-bond acceptors (Lipinski definition) is 3. The van der Waals surface area contributed by atoms with Gasteiger partial charge in [-0.05, 0) is 48.3 Å². The molecule has 4 nitrogen and oxygen atoms in total. The molecule has 2 rings (SSSR count). The third-order valence-electron chi connectivity index (χ3n) is 3.32. The maximum Gasteiger partial charge on any atom is 0.228 e. The van der Waals surface area contributed by atoms with Gasteiger partial charge >= 0.3 is 0 Å². The van der Waals surface area contributed by atoms with Crippen molar-refractivity contribution in [1.29, 1.82) is 0 Å². The van der Waals surface area contributed by atoms with E-state index in [1.54, 1.807) is 13.4 Å². The Labute approximate surface area is 139 Å². The van der Waals surface area contributed by atoms with Crippen molar-refractivity contribution in [2.75, 3.05) is 12.4 Å². The molecule has 1 aromatic carbocycles. The maximum absolute atomic E-state index is 5.99. The van der Waals surface area contributed by atoms with E-state index in [2.05, 4.69) is 62.4 Å². The third-order valence-corrected chi connectivity index (χ3v) is 3.89. The minimum absolute atomic E-state index is 0.0696. The summed E-state index contributed by atoms with van der Waals surface area (Å²) in [5.74, 6) is 0.588. The predicted molar refractivity (Wildman–Crippen MR) is 94.9 cm³/mol. The van der Waals surface area contributed by atoms with Gasteiger partial charge < -0.3 is 10.1 Å². The molecule has 116 valence electrons. The van der Waals surface area contributed by atoms with E-state index in [0.717, 1.165) is 21.4 Å². The number of ether oxygens (including phenoxy) is 1. The van der Waals surface area contributed by atoms with Crippen molar-refractivity contribution in [3.05, 3.63) is 51.6 Å². The molecule has 1 aromatic heterocycles. The van der Waals surface area contributed by atoms with E-state index >= 15 is 0 Å². The van der Waals surface area contributed by atoms with Gasteiger partial charge in [-0.1, -0.05) is 29.8 Å². The van der Waals surface area contributed by atoms with Gasteiger partial charge in [-0.15, -0.1) is 0 Å². The largest absolute Gasteiger partial charge is 0.469 e. The molecule has 0 aliphatic rings. The highest BCUT2D eigenvalue weighted by Crippen LogP contribution is 2.31. The Morgan fingerprint density at radius 1 is 1.27 bits per heavy atom. The topological polar surface area (TPSA) is 46.5 Å². The Bertz CT molecular complexity index is 668. The number of nitrogens with one attached hydrogen (secondary N) is 1. The first kappa shape index (κ1) is 16.5. The molecule has 1 unspecified atom stereocenters. The minimum atomic E-state index is -0.0696. The van der Waals surface area contributed by atoms with E-state index in [1.807, 2.05) is 19.9 Å². The maximum atomic E-state index is 5.99. The van der Waals surface area contributed by atoms with E-state index in [1.165, 1.54) is 5.56 Å². The quantitative estimate of drug-likeness (QED) is 0.621. The van der Waals surface area contributed by atoms with Crippen molar-refractivity contribution < 1.29 is 4.74 Å². The summed E-state index contributed by atoms with van der Waals surface area (Å²) in [6, 6.07) is 10.3. The van der Waals surface area contributed by atoms with Crippen molar-refractivity contribution in [3.8, 4) is 5.88 Å². The lowest BCUT2D eigenvalue weighted by Crippen LogP contribution is -2.07. The number of nitrogens with zero attached hydrogens (tertiary/aromatic N) is 2. The first-order valence-corrected chi connectivity index (χ1v) is 7.88. The number of pyridine rings is 1. The van der Waals surface area contributed by atoms with Gasteiger partial charge in [0.15, 0.2) is 0 Å². The van der Waals surface area contributed by atoms with E-state index in [0.29, 0.717) is 5.88 Å². The summed E-state index contributed by atoms with van der Waals surface area (Å²) in [4.78, 5) is 8.42. The lowest BCUT2D eigenvalue weighted by molar-refractivity contribution is 0.215. The Morgan fingerprint density at radius 3 is 2.59 bits per heavy atom. The molecule has 0 saturated carbocycles. The predicted octanol–water partition coefficient (Wildman–Crippen LogP) is 4.67. The summed E-state index contributed by atoms with van der Waals surface area (Å²) in [5, 5.41) is 3.08. The Morgan fingerprint density at radius 2 is 1.95 bits per heavy atom. The molecule has 5 heteroatoms. The van der Waals surface area contributed by atoms with Crippen molar-refractivity contribution in [2.45, 2.75) is 26.9 Å². The van der Waals surface area contributed by atoms with Gasteiger partial charge in [0, 0.05) is 7.05 Å². The zero-order chi connectivity index (χ0) is 16.1. The second kappa shape index (κ2) is 7.40. The number of benzene rings is 1. The monoisotopic (exact) mass is 361 g/mol. The molecule has 0 radical (unpaired) electrons. The first-order valence-electron chi connectivity index (χ1n) is 7.08. The molecule has 2 aromatic rings.